The summed E-state index contributed by atoms with van der Waals surface area (Å²) in [7, 11) is 0. The molecule has 0 spiro atoms. The zero-order chi connectivity index (χ0) is 10.2. The van der Waals surface area contributed by atoms with E-state index in [2.05, 4.69) is 4.98 Å². The number of nitrogens with zero attached hydrogens (tertiary/aromatic N) is 1. The first-order valence-corrected chi connectivity index (χ1v) is 4.87. The lowest BCUT2D eigenvalue weighted by molar-refractivity contribution is 0.0800. The Balaban J connectivity index is 2.27. The van der Waals surface area contributed by atoms with Gasteiger partial charge in [0, 0.05) is 18.0 Å². The SMILES string of the molecule is Cc1cncc(C(=O)C2(N)CCC2)c1. The van der Waals surface area contributed by atoms with Gasteiger partial charge in [-0.2, -0.15) is 0 Å². The highest BCUT2D eigenvalue weighted by Crippen LogP contribution is 2.32. The van der Waals surface area contributed by atoms with Crippen molar-refractivity contribution in [2.24, 2.45) is 5.73 Å². The van der Waals surface area contributed by atoms with Crippen molar-refractivity contribution in [1.82, 2.24) is 4.98 Å². The van der Waals surface area contributed by atoms with Crippen molar-refractivity contribution in [2.75, 3.05) is 0 Å². The Kier molecular flexibility index (Phi) is 2.11. The first-order chi connectivity index (χ1) is 6.62. The van der Waals surface area contributed by atoms with Crippen LogP contribution in [0.15, 0.2) is 18.5 Å². The molecular formula is C11H14N2O. The molecule has 1 heterocycles. The van der Waals surface area contributed by atoms with Gasteiger partial charge in [0.25, 0.3) is 0 Å². The van der Waals surface area contributed by atoms with Gasteiger partial charge >= 0.3 is 0 Å². The summed E-state index contributed by atoms with van der Waals surface area (Å²) in [5.41, 5.74) is 6.99. The zero-order valence-corrected chi connectivity index (χ0v) is 8.29. The van der Waals surface area contributed by atoms with E-state index in [-0.39, 0.29) is 5.78 Å². The molecule has 0 bridgehead atoms. The first kappa shape index (κ1) is 9.34. The van der Waals surface area contributed by atoms with E-state index < -0.39 is 5.54 Å². The number of pyridine rings is 1. The quantitative estimate of drug-likeness (QED) is 0.718. The van der Waals surface area contributed by atoms with Crippen LogP contribution in [0.4, 0.5) is 0 Å². The Morgan fingerprint density at radius 2 is 2.21 bits per heavy atom. The van der Waals surface area contributed by atoms with Crippen LogP contribution in [0.3, 0.4) is 0 Å². The second-order valence-electron chi connectivity index (χ2n) is 4.09. The normalized spacial score (nSPS) is 18.7. The van der Waals surface area contributed by atoms with Gasteiger partial charge in [-0.25, -0.2) is 0 Å². The fourth-order valence-corrected chi connectivity index (χ4v) is 1.75. The maximum Gasteiger partial charge on any atom is 0.184 e. The smallest absolute Gasteiger partial charge is 0.184 e. The minimum atomic E-state index is -0.602. The minimum Gasteiger partial charge on any atom is -0.319 e. The molecule has 1 fully saturated rings. The molecule has 0 aliphatic heterocycles. The molecule has 0 unspecified atom stereocenters. The molecule has 1 aromatic rings. The summed E-state index contributed by atoms with van der Waals surface area (Å²) in [6, 6.07) is 1.85. The molecule has 3 nitrogen and oxygen atoms in total. The molecule has 1 aromatic heterocycles. The molecule has 1 aliphatic carbocycles. The largest absolute Gasteiger partial charge is 0.319 e. The van der Waals surface area contributed by atoms with Gasteiger partial charge in [0.2, 0.25) is 0 Å². The third-order valence-electron chi connectivity index (χ3n) is 2.84. The summed E-state index contributed by atoms with van der Waals surface area (Å²) in [5.74, 6) is 0.0416. The molecule has 74 valence electrons. The third kappa shape index (κ3) is 1.44. The van der Waals surface area contributed by atoms with E-state index in [1.165, 1.54) is 0 Å². The number of rotatable bonds is 2. The van der Waals surface area contributed by atoms with Crippen LogP contribution in [-0.4, -0.2) is 16.3 Å². The highest BCUT2D eigenvalue weighted by Gasteiger charge is 2.40. The van der Waals surface area contributed by atoms with Crippen molar-refractivity contribution < 1.29 is 4.79 Å². The molecule has 2 N–H and O–H groups in total. The predicted molar refractivity (Wildman–Crippen MR) is 54.1 cm³/mol. The lowest BCUT2D eigenvalue weighted by atomic mass is 9.73. The van der Waals surface area contributed by atoms with Gasteiger partial charge in [-0.3, -0.25) is 9.78 Å². The van der Waals surface area contributed by atoms with Crippen molar-refractivity contribution in [3.05, 3.63) is 29.6 Å². The molecule has 3 heteroatoms. The summed E-state index contributed by atoms with van der Waals surface area (Å²) < 4.78 is 0. The second kappa shape index (κ2) is 3.17. The average Bonchev–Trinajstić information content (AvgIpc) is 2.13. The molecule has 14 heavy (non-hydrogen) atoms. The van der Waals surface area contributed by atoms with Crippen LogP contribution in [0.5, 0.6) is 0 Å². The Bertz CT molecular complexity index is 369. The van der Waals surface area contributed by atoms with Gasteiger partial charge in [0.1, 0.15) is 0 Å². The van der Waals surface area contributed by atoms with Gasteiger partial charge in [0.05, 0.1) is 5.54 Å². The van der Waals surface area contributed by atoms with Crippen LogP contribution in [-0.2, 0) is 0 Å². The fourth-order valence-electron chi connectivity index (χ4n) is 1.75. The summed E-state index contributed by atoms with van der Waals surface area (Å²) >= 11 is 0. The number of carbonyl (C=O) groups is 1. The maximum atomic E-state index is 11.9. The van der Waals surface area contributed by atoms with Gasteiger partial charge in [0.15, 0.2) is 5.78 Å². The Labute approximate surface area is 83.3 Å². The topological polar surface area (TPSA) is 56.0 Å². The lowest BCUT2D eigenvalue weighted by Gasteiger charge is -2.36. The number of hydrogen-bond acceptors (Lipinski definition) is 3. The molecule has 1 saturated carbocycles. The van der Waals surface area contributed by atoms with Gasteiger partial charge < -0.3 is 5.73 Å². The van der Waals surface area contributed by atoms with Crippen LogP contribution in [0.2, 0.25) is 0 Å². The average molecular weight is 190 g/mol. The van der Waals surface area contributed by atoms with E-state index in [0.29, 0.717) is 5.56 Å². The molecule has 2 rings (SSSR count). The van der Waals surface area contributed by atoms with Crippen molar-refractivity contribution in [1.29, 1.82) is 0 Å². The van der Waals surface area contributed by atoms with Crippen LogP contribution in [0.25, 0.3) is 0 Å². The molecular weight excluding hydrogens is 176 g/mol. The van der Waals surface area contributed by atoms with E-state index >= 15 is 0 Å². The Morgan fingerprint density at radius 1 is 1.50 bits per heavy atom. The zero-order valence-electron chi connectivity index (χ0n) is 8.29. The van der Waals surface area contributed by atoms with Crippen molar-refractivity contribution >= 4 is 5.78 Å². The number of nitrogens with two attached hydrogens (primary N) is 1. The molecule has 0 radical (unpaired) electrons. The van der Waals surface area contributed by atoms with E-state index in [1.54, 1.807) is 12.4 Å². The summed E-state index contributed by atoms with van der Waals surface area (Å²) in [5, 5.41) is 0. The van der Waals surface area contributed by atoms with Crippen molar-refractivity contribution in [2.45, 2.75) is 31.7 Å². The first-order valence-electron chi connectivity index (χ1n) is 4.87. The van der Waals surface area contributed by atoms with Crippen LogP contribution in [0, 0.1) is 6.92 Å². The number of ketones is 1. The molecule has 1 aliphatic rings. The highest BCUT2D eigenvalue weighted by atomic mass is 16.1. The van der Waals surface area contributed by atoms with Gasteiger partial charge in [-0.1, -0.05) is 0 Å². The summed E-state index contributed by atoms with van der Waals surface area (Å²) in [4.78, 5) is 15.9. The van der Waals surface area contributed by atoms with Crippen LogP contribution in [0.1, 0.15) is 35.2 Å². The van der Waals surface area contributed by atoms with Gasteiger partial charge in [-0.05, 0) is 37.8 Å². The van der Waals surface area contributed by atoms with E-state index in [4.69, 9.17) is 5.73 Å². The van der Waals surface area contributed by atoms with E-state index in [9.17, 15) is 4.79 Å². The standard InChI is InChI=1S/C11H14N2O/c1-8-5-9(7-13-6-8)10(14)11(12)3-2-4-11/h5-7H,2-4,12H2,1H3. The Morgan fingerprint density at radius 3 is 2.71 bits per heavy atom. The number of hydrogen-bond donors (Lipinski definition) is 1. The number of carbonyl (C=O) groups excluding carboxylic acids is 1. The summed E-state index contributed by atoms with van der Waals surface area (Å²) in [6.07, 6.45) is 6.00. The molecule has 0 atom stereocenters. The predicted octanol–water partition coefficient (Wildman–Crippen LogP) is 1.45. The fraction of sp³-hybridized carbons (Fsp3) is 0.455. The molecule has 0 saturated heterocycles. The molecule has 0 aromatic carbocycles. The maximum absolute atomic E-state index is 11.9. The second-order valence-corrected chi connectivity index (χ2v) is 4.09. The van der Waals surface area contributed by atoms with E-state index in [1.807, 2.05) is 13.0 Å². The van der Waals surface area contributed by atoms with Gasteiger partial charge in [-0.15, -0.1) is 0 Å². The highest BCUT2D eigenvalue weighted by molar-refractivity contribution is 6.03. The van der Waals surface area contributed by atoms with Crippen LogP contribution >= 0.6 is 0 Å². The van der Waals surface area contributed by atoms with Crippen molar-refractivity contribution in [3.63, 3.8) is 0 Å². The Hall–Kier alpha value is -1.22. The monoisotopic (exact) mass is 190 g/mol. The number of Topliss-reactive ketones (excluding diaryl/α,β-unsaturated/α-hetero) is 1. The number of aryl methyl sites for hydroxylation is 1. The number of aromatic nitrogens is 1. The third-order valence-corrected chi connectivity index (χ3v) is 2.84. The lowest BCUT2D eigenvalue weighted by Crippen LogP contribution is -2.53. The minimum absolute atomic E-state index is 0.0416. The van der Waals surface area contributed by atoms with Crippen molar-refractivity contribution in [3.8, 4) is 0 Å². The van der Waals surface area contributed by atoms with Crippen LogP contribution < -0.4 is 5.73 Å². The molecule has 0 amide bonds. The van der Waals surface area contributed by atoms with E-state index in [0.717, 1.165) is 24.8 Å². The summed E-state index contributed by atoms with van der Waals surface area (Å²) in [6.45, 7) is 1.92.